The van der Waals surface area contributed by atoms with Crippen molar-refractivity contribution in [3.8, 4) is 17.0 Å². The van der Waals surface area contributed by atoms with Gasteiger partial charge in [0.1, 0.15) is 5.60 Å². The maximum absolute atomic E-state index is 14.2. The lowest BCUT2D eigenvalue weighted by Gasteiger charge is -2.41. The van der Waals surface area contributed by atoms with Gasteiger partial charge in [0.15, 0.2) is 17.3 Å². The first kappa shape index (κ1) is 37.6. The number of nitrogens with zero attached hydrogens (tertiary/aromatic N) is 3. The molecule has 1 amide bonds. The predicted molar refractivity (Wildman–Crippen MR) is 177 cm³/mol. The molecule has 0 spiro atoms. The summed E-state index contributed by atoms with van der Waals surface area (Å²) in [5, 5.41) is 18.3. The first-order chi connectivity index (χ1) is 19.9. The molecule has 5 rings (SSSR count). The van der Waals surface area contributed by atoms with Crippen molar-refractivity contribution in [2.75, 3.05) is 52.3 Å². The zero-order valence-electron chi connectivity index (χ0n) is 25.0. The number of hydrogen-bond acceptors (Lipinski definition) is 7. The first-order valence-corrected chi connectivity index (χ1v) is 14.4. The standard InChI is InChI=1S/C31H40FN5O4.3ClH/c1-40-20-31(39)14-7-6-10-27(31)37-21-35-28(29(37)22-8-4-3-5-9-22)30(38)36-17-16-33-19-24(36)13-15-34-23-11-12-26(41-2)25(32)18-23;;;/h3-5,8-9,11-12,18,21,24,27,33-34,39H,6-7,10,13-17,19-20H2,1-2H3;3*1H/t24-,27-,31-;;;/m1.../s1. The molecule has 2 aromatic carbocycles. The highest BCUT2D eigenvalue weighted by atomic mass is 35.5. The summed E-state index contributed by atoms with van der Waals surface area (Å²) in [4.78, 5) is 20.8. The Bertz CT molecular complexity index is 1330. The Labute approximate surface area is 277 Å². The predicted octanol–water partition coefficient (Wildman–Crippen LogP) is 5.37. The van der Waals surface area contributed by atoms with Crippen LogP contribution in [0.25, 0.3) is 11.3 Å². The molecular formula is C31H43Cl3FN5O4. The molecule has 44 heavy (non-hydrogen) atoms. The largest absolute Gasteiger partial charge is 0.494 e. The van der Waals surface area contributed by atoms with E-state index in [9.17, 15) is 14.3 Å². The summed E-state index contributed by atoms with van der Waals surface area (Å²) in [6, 6.07) is 14.3. The van der Waals surface area contributed by atoms with Gasteiger partial charge < -0.3 is 34.7 Å². The number of amides is 1. The summed E-state index contributed by atoms with van der Waals surface area (Å²) in [7, 11) is 3.05. The van der Waals surface area contributed by atoms with E-state index in [0.29, 0.717) is 50.4 Å². The zero-order valence-corrected chi connectivity index (χ0v) is 27.5. The highest BCUT2D eigenvalue weighted by Gasteiger charge is 2.42. The van der Waals surface area contributed by atoms with E-state index in [-0.39, 0.29) is 67.6 Å². The molecule has 1 aromatic heterocycles. The van der Waals surface area contributed by atoms with E-state index in [2.05, 4.69) is 15.6 Å². The first-order valence-electron chi connectivity index (χ1n) is 14.4. The molecule has 2 aliphatic rings. The average molecular weight is 675 g/mol. The topological polar surface area (TPSA) is 101 Å². The monoisotopic (exact) mass is 673 g/mol. The minimum absolute atomic E-state index is 0. The number of halogens is 4. The van der Waals surface area contributed by atoms with Crippen LogP contribution in [0.15, 0.2) is 54.9 Å². The van der Waals surface area contributed by atoms with Gasteiger partial charge in [0.25, 0.3) is 5.91 Å². The van der Waals surface area contributed by atoms with Gasteiger partial charge in [-0.25, -0.2) is 9.37 Å². The van der Waals surface area contributed by atoms with Crippen LogP contribution in [-0.2, 0) is 4.74 Å². The third kappa shape index (κ3) is 8.16. The van der Waals surface area contributed by atoms with Gasteiger partial charge in [0, 0.05) is 56.6 Å². The number of imidazole rings is 1. The number of carbonyl (C=O) groups is 1. The van der Waals surface area contributed by atoms with Crippen molar-refractivity contribution < 1.29 is 23.8 Å². The normalized spacial score (nSPS) is 21.3. The second kappa shape index (κ2) is 17.2. The lowest BCUT2D eigenvalue weighted by atomic mass is 9.80. The lowest BCUT2D eigenvalue weighted by Crippen LogP contribution is -2.54. The number of nitrogens with one attached hydrogen (secondary N) is 2. The molecule has 1 aliphatic heterocycles. The van der Waals surface area contributed by atoms with Crippen LogP contribution < -0.4 is 15.4 Å². The molecule has 3 aromatic rings. The molecule has 2 heterocycles. The fourth-order valence-corrected chi connectivity index (χ4v) is 6.24. The molecule has 1 aliphatic carbocycles. The van der Waals surface area contributed by atoms with E-state index in [4.69, 9.17) is 9.47 Å². The SMILES string of the molecule is COC[C@]1(O)CCCC[C@H]1n1cnc(C(=O)N2CCNC[C@H]2CCNc2ccc(OC)c(F)c2)c1-c1ccccc1.Cl.Cl.Cl. The maximum atomic E-state index is 14.2. The van der Waals surface area contributed by atoms with E-state index in [1.54, 1.807) is 25.6 Å². The van der Waals surface area contributed by atoms with Crippen LogP contribution in [0.3, 0.4) is 0 Å². The molecule has 3 atom stereocenters. The molecule has 13 heteroatoms. The van der Waals surface area contributed by atoms with E-state index in [1.807, 2.05) is 39.8 Å². The molecular weight excluding hydrogens is 632 g/mol. The van der Waals surface area contributed by atoms with Gasteiger partial charge in [-0.2, -0.15) is 0 Å². The van der Waals surface area contributed by atoms with Crippen LogP contribution in [0, 0.1) is 5.82 Å². The van der Waals surface area contributed by atoms with E-state index >= 15 is 0 Å². The van der Waals surface area contributed by atoms with Gasteiger partial charge in [-0.05, 0) is 31.4 Å². The van der Waals surface area contributed by atoms with Crippen LogP contribution in [-0.4, -0.2) is 84.1 Å². The van der Waals surface area contributed by atoms with Gasteiger partial charge >= 0.3 is 0 Å². The van der Waals surface area contributed by atoms with Crippen molar-refractivity contribution >= 4 is 48.8 Å². The number of carbonyl (C=O) groups excluding carboxylic acids is 1. The maximum Gasteiger partial charge on any atom is 0.275 e. The van der Waals surface area contributed by atoms with E-state index < -0.39 is 11.4 Å². The minimum atomic E-state index is -1.04. The molecule has 2 fully saturated rings. The number of piperazine rings is 1. The summed E-state index contributed by atoms with van der Waals surface area (Å²) in [5.41, 5.74) is 1.61. The number of aliphatic hydroxyl groups is 1. The number of methoxy groups -OCH3 is 2. The number of rotatable bonds is 10. The summed E-state index contributed by atoms with van der Waals surface area (Å²) in [6.07, 6.45) is 5.70. The van der Waals surface area contributed by atoms with Crippen LogP contribution in [0.2, 0.25) is 0 Å². The molecule has 0 radical (unpaired) electrons. The van der Waals surface area contributed by atoms with Crippen LogP contribution in [0.1, 0.15) is 48.6 Å². The summed E-state index contributed by atoms with van der Waals surface area (Å²) < 4.78 is 26.6. The Hall–Kier alpha value is -2.60. The third-order valence-electron chi connectivity index (χ3n) is 8.30. The lowest BCUT2D eigenvalue weighted by molar-refractivity contribution is -0.0893. The van der Waals surface area contributed by atoms with Crippen LogP contribution in [0.4, 0.5) is 10.1 Å². The Balaban J connectivity index is 0.00000225. The Morgan fingerprint density at radius 1 is 1.16 bits per heavy atom. The smallest absolute Gasteiger partial charge is 0.275 e. The molecule has 1 saturated carbocycles. The minimum Gasteiger partial charge on any atom is -0.494 e. The van der Waals surface area contributed by atoms with Crippen molar-refractivity contribution in [1.29, 1.82) is 0 Å². The fourth-order valence-electron chi connectivity index (χ4n) is 6.24. The Kier molecular flexibility index (Phi) is 14.7. The molecule has 244 valence electrons. The zero-order chi connectivity index (χ0) is 28.8. The van der Waals surface area contributed by atoms with Crippen LogP contribution in [0.5, 0.6) is 5.75 Å². The number of ether oxygens (including phenoxy) is 2. The van der Waals surface area contributed by atoms with Gasteiger partial charge in [0.2, 0.25) is 0 Å². The second-order valence-corrected chi connectivity index (χ2v) is 10.9. The van der Waals surface area contributed by atoms with E-state index in [1.165, 1.54) is 13.2 Å². The number of aromatic nitrogens is 2. The summed E-state index contributed by atoms with van der Waals surface area (Å²) in [5.74, 6) is -0.352. The van der Waals surface area contributed by atoms with Crippen molar-refractivity contribution in [2.24, 2.45) is 0 Å². The van der Waals surface area contributed by atoms with E-state index in [0.717, 1.165) is 30.5 Å². The molecule has 9 nitrogen and oxygen atoms in total. The number of hydrogen-bond donors (Lipinski definition) is 3. The molecule has 0 unspecified atom stereocenters. The molecule has 0 bridgehead atoms. The van der Waals surface area contributed by atoms with Crippen LogP contribution >= 0.6 is 37.2 Å². The summed E-state index contributed by atoms with van der Waals surface area (Å²) >= 11 is 0. The van der Waals surface area contributed by atoms with Gasteiger partial charge in [-0.3, -0.25) is 4.79 Å². The number of anilines is 1. The highest BCUT2D eigenvalue weighted by Crippen LogP contribution is 2.41. The fraction of sp³-hybridized carbons (Fsp3) is 0.484. The number of benzene rings is 2. The average Bonchev–Trinajstić information content (AvgIpc) is 3.43. The molecule has 1 saturated heterocycles. The van der Waals surface area contributed by atoms with Crippen molar-refractivity contribution in [1.82, 2.24) is 19.8 Å². The summed E-state index contributed by atoms with van der Waals surface area (Å²) in [6.45, 7) is 2.68. The highest BCUT2D eigenvalue weighted by molar-refractivity contribution is 5.98. The van der Waals surface area contributed by atoms with Crippen molar-refractivity contribution in [3.05, 3.63) is 66.4 Å². The van der Waals surface area contributed by atoms with Crippen molar-refractivity contribution in [3.63, 3.8) is 0 Å². The quantitative estimate of drug-likeness (QED) is 0.266. The second-order valence-electron chi connectivity index (χ2n) is 10.9. The van der Waals surface area contributed by atoms with Gasteiger partial charge in [0.05, 0.1) is 31.8 Å². The Morgan fingerprint density at radius 3 is 2.64 bits per heavy atom. The Morgan fingerprint density at radius 2 is 1.93 bits per heavy atom. The third-order valence-corrected chi connectivity index (χ3v) is 8.30. The van der Waals surface area contributed by atoms with Gasteiger partial charge in [-0.15, -0.1) is 37.2 Å². The molecule has 3 N–H and O–H groups in total. The van der Waals surface area contributed by atoms with Crippen molar-refractivity contribution in [2.45, 2.75) is 49.8 Å². The van der Waals surface area contributed by atoms with Gasteiger partial charge in [-0.1, -0.05) is 43.2 Å².